The molecule has 0 saturated heterocycles. The SMILES string of the molecule is C1=CCC(n2c3ccccc3c3c4cccnc4n(-c4cc(-c5ccccc5)cc(-c5ccccc5)c4)c32)C=C1. The van der Waals surface area contributed by atoms with Crippen LogP contribution in [-0.4, -0.2) is 14.1 Å². The number of rotatable bonds is 4. The van der Waals surface area contributed by atoms with Crippen LogP contribution in [0.1, 0.15) is 12.5 Å². The van der Waals surface area contributed by atoms with E-state index in [4.69, 9.17) is 4.98 Å². The van der Waals surface area contributed by atoms with E-state index in [2.05, 4.69) is 149 Å². The van der Waals surface area contributed by atoms with Gasteiger partial charge < -0.3 is 4.57 Å². The van der Waals surface area contributed by atoms with E-state index < -0.39 is 0 Å². The van der Waals surface area contributed by atoms with Gasteiger partial charge in [0, 0.05) is 22.4 Å². The summed E-state index contributed by atoms with van der Waals surface area (Å²) in [5, 5.41) is 3.70. The molecule has 0 fully saturated rings. The van der Waals surface area contributed by atoms with E-state index >= 15 is 0 Å². The van der Waals surface area contributed by atoms with E-state index in [-0.39, 0.29) is 6.04 Å². The Bertz CT molecular complexity index is 2020. The van der Waals surface area contributed by atoms with Crippen molar-refractivity contribution in [3.63, 3.8) is 0 Å². The molecule has 190 valence electrons. The fraction of sp³-hybridized carbons (Fsp3) is 0.0541. The maximum Gasteiger partial charge on any atom is 0.146 e. The molecule has 0 amide bonds. The zero-order valence-corrected chi connectivity index (χ0v) is 22.0. The second-order valence-electron chi connectivity index (χ2n) is 10.4. The number of nitrogens with zero attached hydrogens (tertiary/aromatic N) is 3. The van der Waals surface area contributed by atoms with Crippen LogP contribution in [0.2, 0.25) is 0 Å². The Morgan fingerprint density at radius 1 is 0.625 bits per heavy atom. The molecule has 0 spiro atoms. The Labute approximate surface area is 233 Å². The number of allylic oxidation sites excluding steroid dienone is 4. The number of benzene rings is 4. The Morgan fingerprint density at radius 2 is 1.30 bits per heavy atom. The minimum atomic E-state index is 0.223. The lowest BCUT2D eigenvalue weighted by molar-refractivity contribution is 0.640. The standard InChI is InChI=1S/C37H27N3/c1-4-13-26(14-5-1)28-23-29(27-15-6-2-7-16-27)25-31(24-28)40-36-33(20-12-22-38-36)35-32-19-10-11-21-34(32)39(37(35)40)30-17-8-3-9-18-30/h1-17,19-25,30H,18H2. The zero-order chi connectivity index (χ0) is 26.5. The molecule has 1 aliphatic rings. The molecular weight excluding hydrogens is 486 g/mol. The van der Waals surface area contributed by atoms with Gasteiger partial charge in [0.05, 0.1) is 17.2 Å². The molecule has 7 aromatic rings. The van der Waals surface area contributed by atoms with Gasteiger partial charge in [0.25, 0.3) is 0 Å². The van der Waals surface area contributed by atoms with Crippen LogP contribution in [0.4, 0.5) is 0 Å². The van der Waals surface area contributed by atoms with E-state index in [1.165, 1.54) is 49.6 Å². The number of fused-ring (bicyclic) bond motifs is 5. The number of para-hydroxylation sites is 1. The average molecular weight is 514 g/mol. The summed E-state index contributed by atoms with van der Waals surface area (Å²) in [6, 6.07) is 41.5. The van der Waals surface area contributed by atoms with Crippen molar-refractivity contribution in [2.45, 2.75) is 12.5 Å². The minimum absolute atomic E-state index is 0.223. The Balaban J connectivity index is 1.52. The number of hydrogen-bond acceptors (Lipinski definition) is 1. The molecular formula is C37H27N3. The highest BCUT2D eigenvalue weighted by Crippen LogP contribution is 2.42. The highest BCUT2D eigenvalue weighted by Gasteiger charge is 2.25. The van der Waals surface area contributed by atoms with Crippen molar-refractivity contribution in [2.75, 3.05) is 0 Å². The maximum atomic E-state index is 4.98. The van der Waals surface area contributed by atoms with Crippen molar-refractivity contribution in [1.82, 2.24) is 14.1 Å². The first kappa shape index (κ1) is 22.8. The van der Waals surface area contributed by atoms with Crippen LogP contribution >= 0.6 is 0 Å². The van der Waals surface area contributed by atoms with Gasteiger partial charge in [-0.2, -0.15) is 0 Å². The fourth-order valence-electron chi connectivity index (χ4n) is 6.28. The van der Waals surface area contributed by atoms with Crippen LogP contribution < -0.4 is 0 Å². The van der Waals surface area contributed by atoms with Gasteiger partial charge in [0.2, 0.25) is 0 Å². The van der Waals surface area contributed by atoms with Crippen molar-refractivity contribution in [3.05, 3.63) is 146 Å². The van der Waals surface area contributed by atoms with Crippen molar-refractivity contribution in [2.24, 2.45) is 0 Å². The van der Waals surface area contributed by atoms with Crippen molar-refractivity contribution in [1.29, 1.82) is 0 Å². The van der Waals surface area contributed by atoms with Crippen LogP contribution in [-0.2, 0) is 0 Å². The molecule has 3 nitrogen and oxygen atoms in total. The van der Waals surface area contributed by atoms with Gasteiger partial charge in [-0.3, -0.25) is 4.57 Å². The third kappa shape index (κ3) is 3.55. The van der Waals surface area contributed by atoms with Gasteiger partial charge in [-0.1, -0.05) is 103 Å². The molecule has 40 heavy (non-hydrogen) atoms. The summed E-state index contributed by atoms with van der Waals surface area (Å²) in [5.41, 5.74) is 9.29. The molecule has 3 aromatic heterocycles. The largest absolute Gasteiger partial charge is 0.319 e. The Kier molecular flexibility index (Phi) is 5.27. The smallest absolute Gasteiger partial charge is 0.146 e. The van der Waals surface area contributed by atoms with Crippen LogP contribution in [0, 0.1) is 0 Å². The molecule has 0 saturated carbocycles. The van der Waals surface area contributed by atoms with Gasteiger partial charge in [-0.15, -0.1) is 0 Å². The fourth-order valence-corrected chi connectivity index (χ4v) is 6.28. The summed E-state index contributed by atoms with van der Waals surface area (Å²) in [6.07, 6.45) is 11.8. The van der Waals surface area contributed by atoms with Gasteiger partial charge in [0.15, 0.2) is 0 Å². The molecule has 0 radical (unpaired) electrons. The third-order valence-electron chi connectivity index (χ3n) is 8.04. The van der Waals surface area contributed by atoms with E-state index in [0.717, 1.165) is 17.8 Å². The number of hydrogen-bond donors (Lipinski definition) is 0. The summed E-state index contributed by atoms with van der Waals surface area (Å²) >= 11 is 0. The van der Waals surface area contributed by atoms with E-state index in [1.54, 1.807) is 0 Å². The zero-order valence-electron chi connectivity index (χ0n) is 22.0. The van der Waals surface area contributed by atoms with Gasteiger partial charge >= 0.3 is 0 Å². The van der Waals surface area contributed by atoms with Gasteiger partial charge in [-0.25, -0.2) is 4.98 Å². The van der Waals surface area contributed by atoms with Crippen LogP contribution in [0.5, 0.6) is 0 Å². The molecule has 0 bridgehead atoms. The lowest BCUT2D eigenvalue weighted by atomic mass is 9.98. The van der Waals surface area contributed by atoms with Crippen molar-refractivity contribution < 1.29 is 0 Å². The van der Waals surface area contributed by atoms with Gasteiger partial charge in [0.1, 0.15) is 11.3 Å². The average Bonchev–Trinajstić information content (AvgIpc) is 3.55. The molecule has 1 unspecified atom stereocenters. The maximum absolute atomic E-state index is 4.98. The first-order valence-corrected chi connectivity index (χ1v) is 13.8. The Hall–Kier alpha value is -5.15. The molecule has 1 aliphatic carbocycles. The van der Waals surface area contributed by atoms with Crippen molar-refractivity contribution in [3.8, 4) is 27.9 Å². The molecule has 3 heterocycles. The highest BCUT2D eigenvalue weighted by atomic mass is 15.2. The summed E-state index contributed by atoms with van der Waals surface area (Å²) in [4.78, 5) is 4.98. The molecule has 0 aliphatic heterocycles. The lowest BCUT2D eigenvalue weighted by Crippen LogP contribution is -2.10. The van der Waals surface area contributed by atoms with E-state index in [9.17, 15) is 0 Å². The highest BCUT2D eigenvalue weighted by molar-refractivity contribution is 6.21. The normalized spacial score (nSPS) is 14.9. The number of aromatic nitrogens is 3. The summed E-state index contributed by atoms with van der Waals surface area (Å²) in [6.45, 7) is 0. The molecule has 0 N–H and O–H groups in total. The van der Waals surface area contributed by atoms with Crippen LogP contribution in [0.3, 0.4) is 0 Å². The third-order valence-corrected chi connectivity index (χ3v) is 8.04. The number of pyridine rings is 1. The van der Waals surface area contributed by atoms with Crippen LogP contribution in [0.15, 0.2) is 146 Å². The van der Waals surface area contributed by atoms with E-state index in [1.807, 2.05) is 6.20 Å². The second-order valence-corrected chi connectivity index (χ2v) is 10.4. The van der Waals surface area contributed by atoms with E-state index in [0.29, 0.717) is 0 Å². The predicted molar refractivity (Wildman–Crippen MR) is 167 cm³/mol. The molecule has 4 aromatic carbocycles. The van der Waals surface area contributed by atoms with Gasteiger partial charge in [-0.05, 0) is 65.1 Å². The topological polar surface area (TPSA) is 22.8 Å². The van der Waals surface area contributed by atoms with Crippen LogP contribution in [0.25, 0.3) is 60.9 Å². The first-order chi connectivity index (χ1) is 19.9. The second kappa shape index (κ2) is 9.25. The summed E-state index contributed by atoms with van der Waals surface area (Å²) in [7, 11) is 0. The minimum Gasteiger partial charge on any atom is -0.319 e. The summed E-state index contributed by atoms with van der Waals surface area (Å²) < 4.78 is 4.90. The summed E-state index contributed by atoms with van der Waals surface area (Å²) in [5.74, 6) is 0. The van der Waals surface area contributed by atoms with Crippen molar-refractivity contribution >= 4 is 33.0 Å². The predicted octanol–water partition coefficient (Wildman–Crippen LogP) is 9.52. The Morgan fingerprint density at radius 3 is 2.00 bits per heavy atom. The molecule has 8 rings (SSSR count). The quantitative estimate of drug-likeness (QED) is 0.230. The molecule has 1 atom stereocenters. The monoisotopic (exact) mass is 513 g/mol. The first-order valence-electron chi connectivity index (χ1n) is 13.8. The molecule has 3 heteroatoms. The lowest BCUT2D eigenvalue weighted by Gasteiger charge is -2.20.